The van der Waals surface area contributed by atoms with Crippen LogP contribution in [0.25, 0.3) is 22.4 Å². The number of amides is 1. The number of aromatic amines is 1. The number of para-hydroxylation sites is 1. The molecule has 1 fully saturated rings. The first-order valence-electron chi connectivity index (χ1n) is 11.0. The lowest BCUT2D eigenvalue weighted by molar-refractivity contribution is 0.0337. The molecule has 0 aliphatic carbocycles. The Kier molecular flexibility index (Phi) is 6.53. The van der Waals surface area contributed by atoms with E-state index in [1.54, 1.807) is 36.4 Å². The Hall–Kier alpha value is -3.33. The van der Waals surface area contributed by atoms with Crippen LogP contribution in [0.3, 0.4) is 0 Å². The van der Waals surface area contributed by atoms with E-state index in [0.717, 1.165) is 32.0 Å². The van der Waals surface area contributed by atoms with Gasteiger partial charge in [-0.15, -0.1) is 0 Å². The maximum absolute atomic E-state index is 13.6. The second-order valence-corrected chi connectivity index (χ2v) is 8.52. The van der Waals surface area contributed by atoms with E-state index >= 15 is 0 Å². The van der Waals surface area contributed by atoms with Gasteiger partial charge in [0.25, 0.3) is 5.91 Å². The number of nitrogens with zero attached hydrogens (tertiary/aromatic N) is 3. The number of benzene rings is 2. The third kappa shape index (κ3) is 4.79. The minimum absolute atomic E-state index is 0.318. The minimum atomic E-state index is -0.674. The van der Waals surface area contributed by atoms with Crippen LogP contribution in [0, 0.1) is 0 Å². The van der Waals surface area contributed by atoms with E-state index in [2.05, 4.69) is 25.2 Å². The lowest BCUT2D eigenvalue weighted by Gasteiger charge is -2.26. The van der Waals surface area contributed by atoms with Gasteiger partial charge in [0.2, 0.25) is 0 Å². The van der Waals surface area contributed by atoms with Gasteiger partial charge in [-0.1, -0.05) is 23.7 Å². The molecule has 1 amide bonds. The highest BCUT2D eigenvalue weighted by Gasteiger charge is 2.17. The van der Waals surface area contributed by atoms with E-state index in [1.807, 2.05) is 18.2 Å². The number of fused-ring (bicyclic) bond motifs is 1. The summed E-state index contributed by atoms with van der Waals surface area (Å²) >= 11 is 6.01. The largest absolute Gasteiger partial charge is 0.379 e. The molecule has 2 aromatic heterocycles. The van der Waals surface area contributed by atoms with Gasteiger partial charge in [-0.25, -0.2) is 14.4 Å². The number of morpholine rings is 1. The summed E-state index contributed by atoms with van der Waals surface area (Å²) in [6.45, 7) is 3.18. The summed E-state index contributed by atoms with van der Waals surface area (Å²) in [5.74, 6) is 0.632. The molecule has 4 aromatic rings. The van der Waals surface area contributed by atoms with Crippen molar-refractivity contribution in [2.24, 2.45) is 0 Å². The molecule has 0 bridgehead atoms. The summed E-state index contributed by atoms with van der Waals surface area (Å²) in [6.07, 6.45) is 0. The van der Waals surface area contributed by atoms with Gasteiger partial charge in [0.15, 0.2) is 0 Å². The fourth-order valence-electron chi connectivity index (χ4n) is 4.06. The van der Waals surface area contributed by atoms with E-state index in [0.29, 0.717) is 50.9 Å². The van der Waals surface area contributed by atoms with Crippen LogP contribution in [0.5, 0.6) is 0 Å². The van der Waals surface area contributed by atoms with Crippen molar-refractivity contribution in [3.63, 3.8) is 0 Å². The summed E-state index contributed by atoms with van der Waals surface area (Å²) in [5.41, 5.74) is 3.49. The zero-order chi connectivity index (χ0) is 23.5. The highest BCUT2D eigenvalue weighted by Crippen LogP contribution is 2.28. The van der Waals surface area contributed by atoms with Crippen molar-refractivity contribution in [1.29, 1.82) is 0 Å². The topological polar surface area (TPSA) is 83.1 Å². The Balaban J connectivity index is 1.39. The van der Waals surface area contributed by atoms with Crippen LogP contribution in [0.2, 0.25) is 5.02 Å². The van der Waals surface area contributed by atoms with Crippen LogP contribution in [-0.2, 0) is 18.0 Å². The number of carbonyl (C=O) groups is 1. The van der Waals surface area contributed by atoms with Gasteiger partial charge in [0.1, 0.15) is 23.8 Å². The lowest BCUT2D eigenvalue weighted by Crippen LogP contribution is -2.35. The number of halogens is 2. The van der Waals surface area contributed by atoms with Crippen molar-refractivity contribution in [2.45, 2.75) is 13.2 Å². The lowest BCUT2D eigenvalue weighted by atomic mass is 10.1. The number of imidazole rings is 1. The zero-order valence-electron chi connectivity index (χ0n) is 18.4. The Labute approximate surface area is 200 Å². The Morgan fingerprint density at radius 1 is 1.12 bits per heavy atom. The highest BCUT2D eigenvalue weighted by molar-refractivity contribution is 6.30. The Bertz CT molecular complexity index is 1340. The molecule has 2 N–H and O–H groups in total. The second-order valence-electron chi connectivity index (χ2n) is 8.08. The number of anilines is 1. The fourth-order valence-corrected chi connectivity index (χ4v) is 4.25. The van der Waals surface area contributed by atoms with Crippen molar-refractivity contribution in [1.82, 2.24) is 19.9 Å². The molecule has 3 heterocycles. The highest BCUT2D eigenvalue weighted by atomic mass is 35.5. The number of alkyl halides is 1. The molecule has 5 rings (SSSR count). The van der Waals surface area contributed by atoms with Crippen molar-refractivity contribution in [3.8, 4) is 11.4 Å². The number of H-pyrrole nitrogens is 1. The van der Waals surface area contributed by atoms with Crippen LogP contribution in [0.4, 0.5) is 10.2 Å². The molecule has 174 valence electrons. The molecular formula is C25H23ClFN5O2. The van der Waals surface area contributed by atoms with E-state index in [9.17, 15) is 9.18 Å². The van der Waals surface area contributed by atoms with Gasteiger partial charge in [-0.3, -0.25) is 9.69 Å². The molecular weight excluding hydrogens is 457 g/mol. The summed E-state index contributed by atoms with van der Waals surface area (Å²) in [4.78, 5) is 27.8. The van der Waals surface area contributed by atoms with E-state index in [4.69, 9.17) is 16.3 Å². The first-order valence-corrected chi connectivity index (χ1v) is 11.4. The predicted octanol–water partition coefficient (Wildman–Crippen LogP) is 4.83. The average Bonchev–Trinajstić information content (AvgIpc) is 3.29. The zero-order valence-corrected chi connectivity index (χ0v) is 19.1. The molecule has 0 atom stereocenters. The summed E-state index contributed by atoms with van der Waals surface area (Å²) < 4.78 is 19.0. The van der Waals surface area contributed by atoms with Crippen LogP contribution < -0.4 is 5.32 Å². The van der Waals surface area contributed by atoms with E-state index in [-0.39, 0.29) is 5.91 Å². The molecule has 0 unspecified atom stereocenters. The predicted molar refractivity (Wildman–Crippen MR) is 130 cm³/mol. The van der Waals surface area contributed by atoms with E-state index in [1.165, 1.54) is 0 Å². The number of nitrogens with one attached hydrogen (secondary N) is 2. The number of pyridine rings is 1. The summed E-state index contributed by atoms with van der Waals surface area (Å²) in [6, 6.07) is 15.9. The second kappa shape index (κ2) is 9.89. The smallest absolute Gasteiger partial charge is 0.259 e. The van der Waals surface area contributed by atoms with Crippen molar-refractivity contribution >= 4 is 34.4 Å². The Morgan fingerprint density at radius 2 is 1.94 bits per heavy atom. The van der Waals surface area contributed by atoms with Gasteiger partial charge < -0.3 is 15.0 Å². The number of aromatic nitrogens is 3. The first-order chi connectivity index (χ1) is 16.6. The van der Waals surface area contributed by atoms with Crippen molar-refractivity contribution in [2.75, 3.05) is 31.6 Å². The minimum Gasteiger partial charge on any atom is -0.379 e. The van der Waals surface area contributed by atoms with Gasteiger partial charge >= 0.3 is 0 Å². The third-order valence-corrected chi connectivity index (χ3v) is 6.00. The van der Waals surface area contributed by atoms with Crippen molar-refractivity contribution in [3.05, 3.63) is 76.4 Å². The number of rotatable bonds is 6. The van der Waals surface area contributed by atoms with Crippen LogP contribution in [-0.4, -0.2) is 52.1 Å². The van der Waals surface area contributed by atoms with Crippen LogP contribution >= 0.6 is 11.6 Å². The SMILES string of the molecule is O=C(Nc1cccc(CN2CCOCC2)n1)c1cccc2[nH]c(-c3ccc(Cl)cc3CF)nc12. The normalized spacial score (nSPS) is 14.4. The molecule has 1 saturated heterocycles. The molecule has 34 heavy (non-hydrogen) atoms. The molecule has 0 spiro atoms. The number of ether oxygens (including phenoxy) is 1. The quantitative estimate of drug-likeness (QED) is 0.414. The van der Waals surface area contributed by atoms with Gasteiger partial charge in [-0.05, 0) is 48.0 Å². The van der Waals surface area contributed by atoms with Crippen LogP contribution in [0.15, 0.2) is 54.6 Å². The molecule has 0 radical (unpaired) electrons. The molecule has 7 nitrogen and oxygen atoms in total. The average molecular weight is 480 g/mol. The molecule has 9 heteroatoms. The summed E-state index contributed by atoms with van der Waals surface area (Å²) in [7, 11) is 0. The maximum Gasteiger partial charge on any atom is 0.259 e. The van der Waals surface area contributed by atoms with E-state index < -0.39 is 6.67 Å². The number of carbonyl (C=O) groups excluding carboxylic acids is 1. The number of hydrogen-bond acceptors (Lipinski definition) is 5. The standard InChI is InChI=1S/C25H23ClFN5O2/c26-17-7-8-19(16(13-17)14-27)24-29-21-5-2-4-20(23(21)31-24)25(33)30-22-6-1-3-18(28-22)15-32-9-11-34-12-10-32/h1-8,13H,9-12,14-15H2,(H,29,31)(H,28,30,33). The first kappa shape index (κ1) is 22.5. The van der Waals surface area contributed by atoms with Gasteiger partial charge in [-0.2, -0.15) is 0 Å². The molecule has 2 aromatic carbocycles. The van der Waals surface area contributed by atoms with Crippen LogP contribution in [0.1, 0.15) is 21.6 Å². The molecule has 0 saturated carbocycles. The molecule has 1 aliphatic heterocycles. The fraction of sp³-hybridized carbons (Fsp3) is 0.240. The van der Waals surface area contributed by atoms with Gasteiger partial charge in [0.05, 0.1) is 30.0 Å². The maximum atomic E-state index is 13.6. The molecule has 1 aliphatic rings. The third-order valence-electron chi connectivity index (χ3n) is 5.76. The van der Waals surface area contributed by atoms with Crippen molar-refractivity contribution < 1.29 is 13.9 Å². The van der Waals surface area contributed by atoms with Gasteiger partial charge in [0, 0.05) is 30.2 Å². The summed E-state index contributed by atoms with van der Waals surface area (Å²) in [5, 5.41) is 3.34. The monoisotopic (exact) mass is 479 g/mol. The Morgan fingerprint density at radius 3 is 2.76 bits per heavy atom. The number of hydrogen-bond donors (Lipinski definition) is 2.